The largest absolute Gasteiger partial charge is 0.306 e. The summed E-state index contributed by atoms with van der Waals surface area (Å²) in [5, 5.41) is 0. The van der Waals surface area contributed by atoms with Crippen LogP contribution in [0.1, 0.15) is 83.2 Å². The molecular formula is C39H54N2Y-2. The second kappa shape index (κ2) is 22.4. The third kappa shape index (κ3) is 11.9. The maximum absolute atomic E-state index is 3.42. The van der Waals surface area contributed by atoms with Gasteiger partial charge in [-0.15, -0.1) is 17.7 Å². The molecule has 0 bridgehead atoms. The summed E-state index contributed by atoms with van der Waals surface area (Å²) < 4.78 is 0. The van der Waals surface area contributed by atoms with Gasteiger partial charge in [0, 0.05) is 45.8 Å². The third-order valence-corrected chi connectivity index (χ3v) is 6.29. The molecule has 42 heavy (non-hydrogen) atoms. The predicted octanol–water partition coefficient (Wildman–Crippen LogP) is 10.3. The third-order valence-electron chi connectivity index (χ3n) is 6.29. The van der Waals surface area contributed by atoms with E-state index in [4.69, 9.17) is 0 Å². The maximum Gasteiger partial charge on any atom is 0.0227 e. The van der Waals surface area contributed by atoms with E-state index in [1.807, 2.05) is 73.6 Å². The van der Waals surface area contributed by atoms with Crippen LogP contribution in [0.3, 0.4) is 0 Å². The van der Waals surface area contributed by atoms with Crippen molar-refractivity contribution in [3.8, 4) is 22.3 Å². The molecule has 0 N–H and O–H groups in total. The zero-order valence-electron chi connectivity index (χ0n) is 28.3. The molecule has 3 heteroatoms. The molecule has 0 fully saturated rings. The Bertz CT molecular complexity index is 1250. The summed E-state index contributed by atoms with van der Waals surface area (Å²) in [5.74, 6) is 0. The molecule has 1 radical (unpaired) electrons. The van der Waals surface area contributed by atoms with Crippen LogP contribution in [0, 0.1) is 12.1 Å². The number of nitrogens with zero attached hydrogens (tertiary/aromatic N) is 2. The Labute approximate surface area is 284 Å². The molecule has 0 aromatic heterocycles. The number of benzene rings is 4. The molecule has 0 saturated carbocycles. The minimum absolute atomic E-state index is 0. The van der Waals surface area contributed by atoms with Crippen molar-refractivity contribution in [3.63, 3.8) is 0 Å². The van der Waals surface area contributed by atoms with Gasteiger partial charge in [-0.2, -0.15) is 42.5 Å². The summed E-state index contributed by atoms with van der Waals surface area (Å²) in [4.78, 5) is 4.60. The Hall–Kier alpha value is -2.10. The second-order valence-corrected chi connectivity index (χ2v) is 9.46. The summed E-state index contributed by atoms with van der Waals surface area (Å²) in [5.41, 5.74) is 11.9. The van der Waals surface area contributed by atoms with Crippen LogP contribution in [0.25, 0.3) is 22.3 Å². The van der Waals surface area contributed by atoms with E-state index in [1.165, 1.54) is 38.9 Å². The van der Waals surface area contributed by atoms with Crippen molar-refractivity contribution < 1.29 is 32.7 Å². The average Bonchev–Trinajstić information content (AvgIpc) is 3.38. The molecule has 0 atom stereocenters. The van der Waals surface area contributed by atoms with Crippen molar-refractivity contribution in [2.75, 3.05) is 21.1 Å². The van der Waals surface area contributed by atoms with Gasteiger partial charge in [-0.25, -0.2) is 11.1 Å². The first-order valence-corrected chi connectivity index (χ1v) is 15.6. The zero-order valence-corrected chi connectivity index (χ0v) is 31.1. The van der Waals surface area contributed by atoms with Gasteiger partial charge in [-0.3, -0.25) is 0 Å². The van der Waals surface area contributed by atoms with E-state index >= 15 is 0 Å². The van der Waals surface area contributed by atoms with Crippen molar-refractivity contribution in [2.45, 2.75) is 81.4 Å². The van der Waals surface area contributed by atoms with Crippen LogP contribution in [0.4, 0.5) is 0 Å². The molecule has 225 valence electrons. The first-order chi connectivity index (χ1) is 20.0. The Balaban J connectivity index is 0.00000173. The van der Waals surface area contributed by atoms with Crippen LogP contribution in [-0.2, 0) is 58.8 Å². The van der Waals surface area contributed by atoms with E-state index in [0.717, 1.165) is 37.2 Å². The minimum atomic E-state index is 0. The van der Waals surface area contributed by atoms with Crippen molar-refractivity contribution in [2.24, 2.45) is 0 Å². The Morgan fingerprint density at radius 1 is 0.571 bits per heavy atom. The fourth-order valence-electron chi connectivity index (χ4n) is 4.84. The van der Waals surface area contributed by atoms with Gasteiger partial charge >= 0.3 is 0 Å². The zero-order chi connectivity index (χ0) is 30.8. The summed E-state index contributed by atoms with van der Waals surface area (Å²) >= 11 is 0. The molecule has 1 aliphatic carbocycles. The Morgan fingerprint density at radius 2 is 1.07 bits per heavy atom. The molecule has 4 aromatic carbocycles. The van der Waals surface area contributed by atoms with Gasteiger partial charge in [0.15, 0.2) is 0 Å². The monoisotopic (exact) mass is 639 g/mol. The molecule has 0 aliphatic heterocycles. The fourth-order valence-corrected chi connectivity index (χ4v) is 4.84. The van der Waals surface area contributed by atoms with Crippen molar-refractivity contribution in [1.82, 2.24) is 9.80 Å². The summed E-state index contributed by atoms with van der Waals surface area (Å²) in [6, 6.07) is 35.2. The van der Waals surface area contributed by atoms with Crippen LogP contribution >= 0.6 is 0 Å². The number of rotatable bonds is 7. The first-order valence-electron chi connectivity index (χ1n) is 15.6. The van der Waals surface area contributed by atoms with E-state index in [2.05, 4.69) is 104 Å². The molecule has 0 spiro atoms. The topological polar surface area (TPSA) is 6.48 Å². The molecule has 0 unspecified atom stereocenters. The van der Waals surface area contributed by atoms with Crippen LogP contribution in [0.5, 0.6) is 0 Å². The first kappa shape index (κ1) is 39.9. The SMILES string of the molecule is CC.CC.CC.CC.CN(C)Cc1ccc2c(c1)Cc1cc(CN(C)Cc3c[c-]c(-c4[c-]cccc4)cc3)ccc1-2.[Y]. The fraction of sp³-hybridized carbons (Fsp3) is 0.385. The Morgan fingerprint density at radius 3 is 1.55 bits per heavy atom. The molecule has 5 rings (SSSR count). The van der Waals surface area contributed by atoms with Crippen LogP contribution in [-0.4, -0.2) is 30.9 Å². The normalized spacial score (nSPS) is 10.2. The van der Waals surface area contributed by atoms with Gasteiger partial charge in [0.25, 0.3) is 0 Å². The van der Waals surface area contributed by atoms with Gasteiger partial charge in [0.2, 0.25) is 0 Å². The maximum atomic E-state index is 3.42. The Kier molecular flexibility index (Phi) is 21.3. The van der Waals surface area contributed by atoms with E-state index < -0.39 is 0 Å². The van der Waals surface area contributed by atoms with Crippen molar-refractivity contribution in [1.29, 1.82) is 0 Å². The van der Waals surface area contributed by atoms with Gasteiger partial charge in [-0.05, 0) is 67.5 Å². The summed E-state index contributed by atoms with van der Waals surface area (Å²) in [6.07, 6.45) is 1.04. The number of hydrogen-bond donors (Lipinski definition) is 0. The quantitative estimate of drug-likeness (QED) is 0.164. The van der Waals surface area contributed by atoms with Gasteiger partial charge < -0.3 is 9.80 Å². The van der Waals surface area contributed by atoms with Crippen molar-refractivity contribution in [3.05, 3.63) is 119 Å². The number of hydrogen-bond acceptors (Lipinski definition) is 2. The summed E-state index contributed by atoms with van der Waals surface area (Å²) in [7, 11) is 6.44. The number of fused-ring (bicyclic) bond motifs is 3. The van der Waals surface area contributed by atoms with Crippen LogP contribution < -0.4 is 0 Å². The van der Waals surface area contributed by atoms with E-state index in [9.17, 15) is 0 Å². The van der Waals surface area contributed by atoms with E-state index in [1.54, 1.807) is 0 Å². The van der Waals surface area contributed by atoms with Gasteiger partial charge in [-0.1, -0.05) is 91.8 Å². The predicted molar refractivity (Wildman–Crippen MR) is 182 cm³/mol. The van der Waals surface area contributed by atoms with Crippen LogP contribution in [0.15, 0.2) is 78.9 Å². The molecule has 0 amide bonds. The standard InChI is InChI=1S/C31H30N2.4C2H6.Y/c1-32(2)20-24-11-15-30-28(17-24)19-29-18-25(12-16-31(29)30)22-33(3)21-23-9-13-27(14-10-23)26-7-5-4-6-8-26;4*1-2;/h4-7,9-13,15-18H,19-22H2,1-3H3;4*1-2H3;/q-2;;;;;. The molecule has 2 nitrogen and oxygen atoms in total. The molecular weight excluding hydrogens is 585 g/mol. The minimum Gasteiger partial charge on any atom is -0.306 e. The second-order valence-electron chi connectivity index (χ2n) is 9.46. The van der Waals surface area contributed by atoms with Crippen molar-refractivity contribution >= 4 is 0 Å². The van der Waals surface area contributed by atoms with Gasteiger partial charge in [0.05, 0.1) is 0 Å². The summed E-state index contributed by atoms with van der Waals surface area (Å²) in [6.45, 7) is 18.8. The molecule has 0 heterocycles. The van der Waals surface area contributed by atoms with Crippen LogP contribution in [0.2, 0.25) is 0 Å². The van der Waals surface area contributed by atoms with Gasteiger partial charge in [0.1, 0.15) is 0 Å². The smallest absolute Gasteiger partial charge is 0.0227 e. The average molecular weight is 640 g/mol. The van der Waals surface area contributed by atoms with E-state index in [-0.39, 0.29) is 32.7 Å². The molecule has 0 saturated heterocycles. The molecule has 1 aliphatic rings. The molecule has 4 aromatic rings. The van der Waals surface area contributed by atoms with E-state index in [0.29, 0.717) is 0 Å².